The third-order valence-corrected chi connectivity index (χ3v) is 4.89. The number of hydrogen-bond acceptors (Lipinski definition) is 7. The molecule has 0 spiro atoms. The van der Waals surface area contributed by atoms with Gasteiger partial charge in [0.2, 0.25) is 5.95 Å². The Morgan fingerprint density at radius 2 is 1.81 bits per heavy atom. The molecule has 0 aliphatic heterocycles. The molecule has 2 aromatic heterocycles. The van der Waals surface area contributed by atoms with E-state index in [1.165, 1.54) is 6.20 Å². The smallest absolute Gasteiger partial charge is 0.219 e. The Balaban J connectivity index is 1.90. The molecule has 4 N–H and O–H groups in total. The fourth-order valence-corrected chi connectivity index (χ4v) is 3.57. The summed E-state index contributed by atoms with van der Waals surface area (Å²) in [6.45, 7) is 6.48. The minimum Gasteiger partial charge on any atom is -0.368 e. The Hall–Kier alpha value is -4.07. The molecule has 0 radical (unpaired) electrons. The summed E-state index contributed by atoms with van der Waals surface area (Å²) in [4.78, 5) is 13.2. The van der Waals surface area contributed by atoms with Gasteiger partial charge in [0, 0.05) is 40.9 Å². The standard InChI is InChI=1S/C23H24N8/c1-23(2,3)31-20-9-8-15(16-13-27-22(24)28-14-16)12-19(20)30-21(31)17-6-4-5-7-18(17)26-10-11-29-25/h4-14,25-26H,1-3H3,(H2,24,27,28)/b11-10-,29-25?. The second-order valence-corrected chi connectivity index (χ2v) is 8.11. The fraction of sp³-hybridized carbons (Fsp3) is 0.174. The van der Waals surface area contributed by atoms with Crippen LogP contribution >= 0.6 is 0 Å². The lowest BCUT2D eigenvalue weighted by Gasteiger charge is -2.25. The number of para-hydroxylation sites is 1. The van der Waals surface area contributed by atoms with Crippen molar-refractivity contribution >= 4 is 22.7 Å². The van der Waals surface area contributed by atoms with Crippen LogP contribution in [0.1, 0.15) is 20.8 Å². The molecule has 4 rings (SSSR count). The molecule has 8 nitrogen and oxygen atoms in total. The molecule has 0 atom stereocenters. The molecule has 0 fully saturated rings. The van der Waals surface area contributed by atoms with Crippen LogP contribution in [0, 0.1) is 5.53 Å². The molecule has 0 aliphatic rings. The highest BCUT2D eigenvalue weighted by atomic mass is 15.1. The Kier molecular flexibility index (Phi) is 5.21. The molecule has 2 heterocycles. The average molecular weight is 413 g/mol. The van der Waals surface area contributed by atoms with Crippen molar-refractivity contribution in [1.29, 1.82) is 5.53 Å². The number of nitrogens with one attached hydrogen (secondary N) is 2. The summed E-state index contributed by atoms with van der Waals surface area (Å²) in [5, 5.41) is 6.46. The third kappa shape index (κ3) is 4.00. The van der Waals surface area contributed by atoms with E-state index in [-0.39, 0.29) is 11.5 Å². The lowest BCUT2D eigenvalue weighted by Crippen LogP contribution is -2.22. The number of hydrogen-bond donors (Lipinski definition) is 3. The van der Waals surface area contributed by atoms with E-state index in [1.807, 2.05) is 36.4 Å². The number of rotatable bonds is 5. The topological polar surface area (TPSA) is 118 Å². The lowest BCUT2D eigenvalue weighted by molar-refractivity contribution is 0.413. The number of nitrogens with two attached hydrogens (primary N) is 1. The van der Waals surface area contributed by atoms with Gasteiger partial charge in [0.25, 0.3) is 0 Å². The number of benzene rings is 2. The maximum atomic E-state index is 6.94. The van der Waals surface area contributed by atoms with Crippen molar-refractivity contribution in [2.24, 2.45) is 5.11 Å². The molecule has 0 aliphatic carbocycles. The second-order valence-electron chi connectivity index (χ2n) is 8.11. The van der Waals surface area contributed by atoms with Crippen LogP contribution in [0.2, 0.25) is 0 Å². The van der Waals surface area contributed by atoms with Crippen molar-refractivity contribution < 1.29 is 0 Å². The number of aromatic nitrogens is 4. The van der Waals surface area contributed by atoms with Crippen molar-refractivity contribution in [3.8, 4) is 22.5 Å². The first kappa shape index (κ1) is 20.2. The molecular formula is C23H24N8. The van der Waals surface area contributed by atoms with E-state index in [4.69, 9.17) is 16.2 Å². The normalized spacial score (nSPS) is 11.8. The monoisotopic (exact) mass is 412 g/mol. The number of nitrogens with zero attached hydrogens (tertiary/aromatic N) is 5. The number of nitrogen functional groups attached to an aromatic ring is 1. The van der Waals surface area contributed by atoms with Crippen molar-refractivity contribution in [2.45, 2.75) is 26.3 Å². The van der Waals surface area contributed by atoms with Crippen LogP contribution in [-0.4, -0.2) is 19.5 Å². The summed E-state index contributed by atoms with van der Waals surface area (Å²) in [6, 6.07) is 14.1. The first-order valence-electron chi connectivity index (χ1n) is 9.87. The number of fused-ring (bicyclic) bond motifs is 1. The maximum absolute atomic E-state index is 6.94. The van der Waals surface area contributed by atoms with Gasteiger partial charge >= 0.3 is 0 Å². The van der Waals surface area contributed by atoms with Crippen LogP contribution in [0.5, 0.6) is 0 Å². The molecular weight excluding hydrogens is 388 g/mol. The van der Waals surface area contributed by atoms with E-state index in [1.54, 1.807) is 18.6 Å². The van der Waals surface area contributed by atoms with Crippen LogP contribution in [0.4, 0.5) is 11.6 Å². The minimum absolute atomic E-state index is 0.199. The van der Waals surface area contributed by atoms with Gasteiger partial charge in [0.1, 0.15) is 5.82 Å². The zero-order valence-corrected chi connectivity index (χ0v) is 17.7. The number of anilines is 2. The molecule has 4 aromatic rings. The zero-order valence-electron chi connectivity index (χ0n) is 17.7. The predicted octanol–water partition coefficient (Wildman–Crippen LogP) is 5.41. The van der Waals surface area contributed by atoms with Gasteiger partial charge in [-0.2, -0.15) is 5.11 Å². The van der Waals surface area contributed by atoms with E-state index in [9.17, 15) is 0 Å². The lowest BCUT2D eigenvalue weighted by atomic mass is 10.1. The van der Waals surface area contributed by atoms with Crippen LogP contribution in [0.15, 0.2) is 72.4 Å². The highest BCUT2D eigenvalue weighted by Crippen LogP contribution is 2.36. The molecule has 31 heavy (non-hydrogen) atoms. The summed E-state index contributed by atoms with van der Waals surface area (Å²) >= 11 is 0. The second kappa shape index (κ2) is 7.98. The van der Waals surface area contributed by atoms with Crippen LogP contribution < -0.4 is 11.1 Å². The molecule has 0 amide bonds. The first-order valence-corrected chi connectivity index (χ1v) is 9.87. The van der Waals surface area contributed by atoms with Gasteiger partial charge in [-0.25, -0.2) is 20.5 Å². The summed E-state index contributed by atoms with van der Waals surface area (Å²) in [6.07, 6.45) is 6.46. The average Bonchev–Trinajstić information content (AvgIpc) is 3.14. The SMILES string of the molecule is CC(C)(C)n1c(-c2ccccc2N/C=C\N=N)nc2cc(-c3cnc(N)nc3)ccc21. The van der Waals surface area contributed by atoms with Crippen molar-refractivity contribution in [1.82, 2.24) is 19.5 Å². The van der Waals surface area contributed by atoms with Crippen LogP contribution in [-0.2, 0) is 5.54 Å². The molecule has 8 heteroatoms. The van der Waals surface area contributed by atoms with Gasteiger partial charge in [-0.05, 0) is 50.6 Å². The van der Waals surface area contributed by atoms with Crippen molar-refractivity contribution in [2.75, 3.05) is 11.1 Å². The van der Waals surface area contributed by atoms with Crippen molar-refractivity contribution in [3.05, 3.63) is 67.3 Å². The van der Waals surface area contributed by atoms with Crippen molar-refractivity contribution in [3.63, 3.8) is 0 Å². The van der Waals surface area contributed by atoms with E-state index < -0.39 is 0 Å². The summed E-state index contributed by atoms with van der Waals surface area (Å²) < 4.78 is 2.24. The minimum atomic E-state index is -0.199. The van der Waals surface area contributed by atoms with Gasteiger partial charge in [0.05, 0.1) is 17.2 Å². The molecule has 2 aromatic carbocycles. The van der Waals surface area contributed by atoms with Gasteiger partial charge in [-0.15, -0.1) is 0 Å². The van der Waals surface area contributed by atoms with Crippen LogP contribution in [0.3, 0.4) is 0 Å². The first-order chi connectivity index (χ1) is 14.9. The fourth-order valence-electron chi connectivity index (χ4n) is 3.57. The quantitative estimate of drug-likeness (QED) is 0.379. The summed E-state index contributed by atoms with van der Waals surface area (Å²) in [7, 11) is 0. The largest absolute Gasteiger partial charge is 0.368 e. The van der Waals surface area contributed by atoms with E-state index in [2.05, 4.69) is 51.8 Å². The van der Waals surface area contributed by atoms with Gasteiger partial charge in [0.15, 0.2) is 0 Å². The Labute approximate surface area is 180 Å². The van der Waals surface area contributed by atoms with Crippen LogP contribution in [0.25, 0.3) is 33.5 Å². The van der Waals surface area contributed by atoms with Gasteiger partial charge < -0.3 is 15.6 Å². The third-order valence-electron chi connectivity index (χ3n) is 4.89. The molecule has 0 saturated heterocycles. The molecule has 156 valence electrons. The molecule has 0 bridgehead atoms. The molecule has 0 unspecified atom stereocenters. The highest BCUT2D eigenvalue weighted by molar-refractivity contribution is 5.88. The Morgan fingerprint density at radius 3 is 2.52 bits per heavy atom. The molecule has 0 saturated carbocycles. The van der Waals surface area contributed by atoms with Gasteiger partial charge in [-0.3, -0.25) is 0 Å². The van der Waals surface area contributed by atoms with E-state index >= 15 is 0 Å². The predicted molar refractivity (Wildman–Crippen MR) is 124 cm³/mol. The maximum Gasteiger partial charge on any atom is 0.219 e. The zero-order chi connectivity index (χ0) is 22.0. The Morgan fingerprint density at radius 1 is 1.06 bits per heavy atom. The van der Waals surface area contributed by atoms with E-state index in [0.717, 1.165) is 39.2 Å². The van der Waals surface area contributed by atoms with E-state index in [0.29, 0.717) is 0 Å². The Bertz CT molecular complexity index is 1260. The summed E-state index contributed by atoms with van der Waals surface area (Å²) in [5.74, 6) is 1.10. The number of imidazole rings is 1. The highest BCUT2D eigenvalue weighted by Gasteiger charge is 2.24. The van der Waals surface area contributed by atoms with Gasteiger partial charge in [-0.1, -0.05) is 18.2 Å². The summed E-state index contributed by atoms with van der Waals surface area (Å²) in [5.41, 5.74) is 18.0.